The molecule has 34 heavy (non-hydrogen) atoms. The van der Waals surface area contributed by atoms with Gasteiger partial charge in [0.1, 0.15) is 17.0 Å². The van der Waals surface area contributed by atoms with Gasteiger partial charge in [0.05, 0.1) is 19.9 Å². The molecule has 0 N–H and O–H groups in total. The highest BCUT2D eigenvalue weighted by atomic mass is 19.1. The number of carbonyl (C=O) groups excluding carboxylic acids is 3. The summed E-state index contributed by atoms with van der Waals surface area (Å²) >= 11 is 0. The molecule has 1 aliphatic rings. The molecule has 1 saturated heterocycles. The van der Waals surface area contributed by atoms with Gasteiger partial charge in [-0.3, -0.25) is 0 Å². The third-order valence-corrected chi connectivity index (χ3v) is 4.40. The van der Waals surface area contributed by atoms with Gasteiger partial charge in [-0.25, -0.2) is 23.7 Å². The maximum absolute atomic E-state index is 13.5. The Morgan fingerprint density at radius 3 is 1.94 bits per heavy atom. The lowest BCUT2D eigenvalue weighted by Gasteiger charge is -2.42. The van der Waals surface area contributed by atoms with Crippen molar-refractivity contribution in [3.8, 4) is 0 Å². The van der Waals surface area contributed by atoms with Crippen molar-refractivity contribution in [2.24, 2.45) is 4.99 Å². The minimum atomic E-state index is -0.905. The van der Waals surface area contributed by atoms with Crippen molar-refractivity contribution in [1.82, 2.24) is 19.6 Å². The Balaban J connectivity index is 2.55. The molecular formula is C23H34FN5O5. The van der Waals surface area contributed by atoms with Crippen LogP contribution in [0, 0.1) is 5.82 Å². The fourth-order valence-electron chi connectivity index (χ4n) is 3.07. The first-order valence-electron chi connectivity index (χ1n) is 10.8. The number of benzene rings is 1. The summed E-state index contributed by atoms with van der Waals surface area (Å²) in [6.45, 7) is 10.3. The van der Waals surface area contributed by atoms with Gasteiger partial charge in [-0.2, -0.15) is 0 Å². The average Bonchev–Trinajstić information content (AvgIpc) is 2.67. The van der Waals surface area contributed by atoms with E-state index in [1.165, 1.54) is 39.0 Å². The van der Waals surface area contributed by atoms with Gasteiger partial charge in [0.2, 0.25) is 5.96 Å². The fourth-order valence-corrected chi connectivity index (χ4v) is 3.07. The lowest BCUT2D eigenvalue weighted by atomic mass is 10.2. The van der Waals surface area contributed by atoms with Crippen molar-refractivity contribution in [2.75, 3.05) is 27.4 Å². The molecule has 0 aliphatic carbocycles. The van der Waals surface area contributed by atoms with E-state index in [9.17, 15) is 18.8 Å². The van der Waals surface area contributed by atoms with E-state index < -0.39 is 29.2 Å². The van der Waals surface area contributed by atoms with Gasteiger partial charge in [-0.1, -0.05) is 12.1 Å². The van der Waals surface area contributed by atoms with Gasteiger partial charge in [0.15, 0.2) is 0 Å². The summed E-state index contributed by atoms with van der Waals surface area (Å²) in [4.78, 5) is 48.0. The third kappa shape index (κ3) is 7.89. The molecule has 0 unspecified atom stereocenters. The van der Waals surface area contributed by atoms with Crippen LogP contribution in [0.15, 0.2) is 29.3 Å². The van der Waals surface area contributed by atoms with Crippen LogP contribution in [-0.2, 0) is 16.0 Å². The predicted molar refractivity (Wildman–Crippen MR) is 124 cm³/mol. The minimum Gasteiger partial charge on any atom is -0.443 e. The van der Waals surface area contributed by atoms with Gasteiger partial charge in [0.25, 0.3) is 0 Å². The molecule has 0 atom stereocenters. The second kappa shape index (κ2) is 10.3. The van der Waals surface area contributed by atoms with Crippen LogP contribution in [0.4, 0.5) is 18.8 Å². The molecule has 1 aromatic carbocycles. The van der Waals surface area contributed by atoms with E-state index in [4.69, 9.17) is 9.47 Å². The molecule has 1 aliphatic heterocycles. The molecule has 10 nitrogen and oxygen atoms in total. The van der Waals surface area contributed by atoms with Crippen molar-refractivity contribution in [2.45, 2.75) is 59.3 Å². The van der Waals surface area contributed by atoms with E-state index in [1.807, 2.05) is 0 Å². The second-order valence-corrected chi connectivity index (χ2v) is 10.1. The molecule has 0 radical (unpaired) electrons. The van der Waals surface area contributed by atoms with E-state index in [2.05, 4.69) is 4.99 Å². The third-order valence-electron chi connectivity index (χ3n) is 4.40. The zero-order valence-electron chi connectivity index (χ0n) is 21.1. The van der Waals surface area contributed by atoms with Crippen molar-refractivity contribution < 1.29 is 28.2 Å². The van der Waals surface area contributed by atoms with Gasteiger partial charge in [-0.15, -0.1) is 4.99 Å². The number of hydrogen-bond acceptors (Lipinski definition) is 5. The number of guanidine groups is 1. The van der Waals surface area contributed by atoms with Gasteiger partial charge in [-0.05, 0) is 59.2 Å². The van der Waals surface area contributed by atoms with Crippen LogP contribution in [0.2, 0.25) is 0 Å². The van der Waals surface area contributed by atoms with Gasteiger partial charge >= 0.3 is 18.2 Å². The van der Waals surface area contributed by atoms with Crippen LogP contribution in [0.5, 0.6) is 0 Å². The largest absolute Gasteiger partial charge is 0.443 e. The summed E-state index contributed by atoms with van der Waals surface area (Å²) in [6.07, 6.45) is -1.67. The average molecular weight is 480 g/mol. The molecule has 0 spiro atoms. The Labute approximate surface area is 199 Å². The van der Waals surface area contributed by atoms with Crippen LogP contribution < -0.4 is 0 Å². The predicted octanol–water partition coefficient (Wildman–Crippen LogP) is 4.07. The number of ether oxygens (including phenoxy) is 2. The zero-order valence-corrected chi connectivity index (χ0v) is 21.1. The highest BCUT2D eigenvalue weighted by Crippen LogP contribution is 2.19. The molecule has 11 heteroatoms. The van der Waals surface area contributed by atoms with Crippen LogP contribution >= 0.6 is 0 Å². The second-order valence-electron chi connectivity index (χ2n) is 10.1. The van der Waals surface area contributed by atoms with Crippen molar-refractivity contribution in [3.63, 3.8) is 0 Å². The van der Waals surface area contributed by atoms with E-state index in [0.29, 0.717) is 5.56 Å². The standard InChI is InChI=1S/C23H34FN5O5/c1-22(2,3)33-19(30)25-18(28-14-26(7)20(31)27(8)15-28)29(21(32)34-23(4,5)6)13-16-9-11-17(24)12-10-16/h9-12H,13-15H2,1-8H3. The number of halogens is 1. The smallest absolute Gasteiger partial charge is 0.437 e. The number of amides is 4. The van der Waals surface area contributed by atoms with E-state index >= 15 is 0 Å². The number of nitrogens with zero attached hydrogens (tertiary/aromatic N) is 5. The molecule has 1 fully saturated rings. The van der Waals surface area contributed by atoms with Crippen molar-refractivity contribution >= 4 is 24.2 Å². The number of rotatable bonds is 2. The minimum absolute atomic E-state index is 0.0565. The van der Waals surface area contributed by atoms with Crippen LogP contribution in [0.3, 0.4) is 0 Å². The highest BCUT2D eigenvalue weighted by Gasteiger charge is 2.35. The van der Waals surface area contributed by atoms with Crippen molar-refractivity contribution in [1.29, 1.82) is 0 Å². The van der Waals surface area contributed by atoms with Crippen LogP contribution in [0.1, 0.15) is 47.1 Å². The summed E-state index contributed by atoms with van der Waals surface area (Å²) in [5.74, 6) is -0.480. The molecule has 1 aromatic rings. The lowest BCUT2D eigenvalue weighted by molar-refractivity contribution is 0.0300. The molecule has 188 valence electrons. The van der Waals surface area contributed by atoms with Crippen molar-refractivity contribution in [3.05, 3.63) is 35.6 Å². The van der Waals surface area contributed by atoms with Gasteiger partial charge in [0, 0.05) is 14.1 Å². The van der Waals surface area contributed by atoms with E-state index in [1.54, 1.807) is 60.5 Å². The Morgan fingerprint density at radius 1 is 0.971 bits per heavy atom. The normalized spacial score (nSPS) is 15.4. The molecular weight excluding hydrogens is 445 g/mol. The fraction of sp³-hybridized carbons (Fsp3) is 0.565. The van der Waals surface area contributed by atoms with Crippen LogP contribution in [0.25, 0.3) is 0 Å². The maximum Gasteiger partial charge on any atom is 0.437 e. The first kappa shape index (κ1) is 26.9. The molecule has 0 bridgehead atoms. The number of urea groups is 1. The number of carbonyl (C=O) groups is 3. The zero-order chi connectivity index (χ0) is 25.8. The Morgan fingerprint density at radius 2 is 1.47 bits per heavy atom. The van der Waals surface area contributed by atoms with E-state index in [0.717, 1.165) is 0 Å². The molecule has 4 amide bonds. The summed E-state index contributed by atoms with van der Waals surface area (Å²) in [5, 5.41) is 0. The Hall–Kier alpha value is -3.37. The summed E-state index contributed by atoms with van der Waals surface area (Å²) in [5.41, 5.74) is -1.07. The quantitative estimate of drug-likeness (QED) is 0.469. The maximum atomic E-state index is 13.5. The van der Waals surface area contributed by atoms with Crippen LogP contribution in [-0.4, -0.2) is 82.4 Å². The number of aliphatic imine (C=N–C) groups is 1. The highest BCUT2D eigenvalue weighted by molar-refractivity contribution is 5.99. The molecule has 1 heterocycles. The summed E-state index contributed by atoms with van der Waals surface area (Å²) in [7, 11) is 3.18. The molecule has 2 rings (SSSR count). The monoisotopic (exact) mass is 479 g/mol. The topological polar surface area (TPSA) is 95.0 Å². The summed E-state index contributed by atoms with van der Waals surface area (Å²) < 4.78 is 24.4. The first-order chi connectivity index (χ1) is 15.6. The SMILES string of the molecule is CN1CN(C(=NC(=O)OC(C)(C)C)N(Cc2ccc(F)cc2)C(=O)OC(C)(C)C)CN(C)C1=O. The number of hydrogen-bond donors (Lipinski definition) is 0. The molecule has 0 aromatic heterocycles. The van der Waals surface area contributed by atoms with E-state index in [-0.39, 0.29) is 31.9 Å². The summed E-state index contributed by atoms with van der Waals surface area (Å²) in [6, 6.07) is 5.36. The first-order valence-corrected chi connectivity index (χ1v) is 10.8. The Bertz CT molecular complexity index is 923. The molecule has 0 saturated carbocycles. The Kier molecular flexibility index (Phi) is 8.12. The van der Waals surface area contributed by atoms with Gasteiger partial charge < -0.3 is 24.2 Å². The lowest BCUT2D eigenvalue weighted by Crippen LogP contribution is -2.60.